The van der Waals surface area contributed by atoms with Gasteiger partial charge >= 0.3 is 0 Å². The van der Waals surface area contributed by atoms with Crippen LogP contribution in [-0.4, -0.2) is 35.6 Å². The molecular weight excluding hydrogens is 338 g/mol. The number of rotatable bonds is 3. The predicted molar refractivity (Wildman–Crippen MR) is 95.1 cm³/mol. The molecule has 1 unspecified atom stereocenters. The van der Waals surface area contributed by atoms with Gasteiger partial charge in [0.2, 0.25) is 0 Å². The fraction of sp³-hybridized carbons (Fsp3) is 0.389. The van der Waals surface area contributed by atoms with Crippen molar-refractivity contribution in [2.75, 3.05) is 24.5 Å². The minimum atomic E-state index is 0.598. The van der Waals surface area contributed by atoms with Crippen molar-refractivity contribution in [1.82, 2.24) is 9.88 Å². The van der Waals surface area contributed by atoms with E-state index in [4.69, 9.17) is 0 Å². The van der Waals surface area contributed by atoms with E-state index < -0.39 is 0 Å². The molecule has 1 aromatic carbocycles. The fourth-order valence-electron chi connectivity index (χ4n) is 2.94. The summed E-state index contributed by atoms with van der Waals surface area (Å²) in [5.74, 6) is 1.08. The van der Waals surface area contributed by atoms with Crippen molar-refractivity contribution in [1.29, 1.82) is 0 Å². The fourth-order valence-corrected chi connectivity index (χ4v) is 3.18. The molecule has 0 saturated carbocycles. The van der Waals surface area contributed by atoms with Gasteiger partial charge in [-0.25, -0.2) is 4.98 Å². The van der Waals surface area contributed by atoms with Crippen LogP contribution in [0.3, 0.4) is 0 Å². The summed E-state index contributed by atoms with van der Waals surface area (Å²) in [6, 6.07) is 15.5. The summed E-state index contributed by atoms with van der Waals surface area (Å²) in [5.41, 5.74) is 1.39. The van der Waals surface area contributed by atoms with Crippen molar-refractivity contribution in [2.45, 2.75) is 25.9 Å². The average Bonchev–Trinajstić information content (AvgIpc) is 2.72. The highest BCUT2D eigenvalue weighted by molar-refractivity contribution is 9.10. The van der Waals surface area contributed by atoms with E-state index in [1.54, 1.807) is 0 Å². The summed E-state index contributed by atoms with van der Waals surface area (Å²) in [6.45, 7) is 6.55. The monoisotopic (exact) mass is 359 g/mol. The van der Waals surface area contributed by atoms with Crippen molar-refractivity contribution in [3.63, 3.8) is 0 Å². The third kappa shape index (κ3) is 3.87. The second-order valence-corrected chi connectivity index (χ2v) is 6.83. The van der Waals surface area contributed by atoms with Crippen molar-refractivity contribution in [3.8, 4) is 0 Å². The average molecular weight is 360 g/mol. The number of hydrogen-bond donors (Lipinski definition) is 0. The van der Waals surface area contributed by atoms with E-state index in [1.807, 2.05) is 6.20 Å². The van der Waals surface area contributed by atoms with Gasteiger partial charge in [-0.05, 0) is 47.0 Å². The molecule has 1 aliphatic rings. The van der Waals surface area contributed by atoms with Crippen LogP contribution in [0.25, 0.3) is 0 Å². The summed E-state index contributed by atoms with van der Waals surface area (Å²) in [7, 11) is 0. The van der Waals surface area contributed by atoms with Gasteiger partial charge in [0.1, 0.15) is 5.82 Å². The lowest BCUT2D eigenvalue weighted by atomic mass is 10.1. The standard InChI is InChI=1S/C18H22BrN3/c1-15-9-10-21(18-8-7-17(19)13-20-18)11-12-22(15)14-16-5-3-2-4-6-16/h2-8,13,15H,9-12,14H2,1H3. The summed E-state index contributed by atoms with van der Waals surface area (Å²) in [5, 5.41) is 0. The molecule has 1 atom stereocenters. The van der Waals surface area contributed by atoms with Crippen LogP contribution in [0.2, 0.25) is 0 Å². The highest BCUT2D eigenvalue weighted by Crippen LogP contribution is 2.20. The second kappa shape index (κ2) is 7.25. The van der Waals surface area contributed by atoms with Gasteiger partial charge in [0.15, 0.2) is 0 Å². The Morgan fingerprint density at radius 2 is 1.91 bits per heavy atom. The lowest BCUT2D eigenvalue weighted by molar-refractivity contribution is 0.212. The molecule has 1 aromatic heterocycles. The highest BCUT2D eigenvalue weighted by atomic mass is 79.9. The number of aromatic nitrogens is 1. The first-order valence-corrected chi connectivity index (χ1v) is 8.66. The molecule has 0 radical (unpaired) electrons. The number of hydrogen-bond acceptors (Lipinski definition) is 3. The molecule has 22 heavy (non-hydrogen) atoms. The van der Waals surface area contributed by atoms with Gasteiger partial charge in [-0.2, -0.15) is 0 Å². The van der Waals surface area contributed by atoms with E-state index in [2.05, 4.69) is 80.1 Å². The van der Waals surface area contributed by atoms with Gasteiger partial charge in [-0.3, -0.25) is 4.90 Å². The Hall–Kier alpha value is -1.39. The normalized spacial score (nSPS) is 19.9. The Morgan fingerprint density at radius 1 is 1.09 bits per heavy atom. The van der Waals surface area contributed by atoms with E-state index in [0.29, 0.717) is 6.04 Å². The molecule has 1 aliphatic heterocycles. The SMILES string of the molecule is CC1CCN(c2ccc(Br)cn2)CCN1Cc1ccccc1. The first-order valence-electron chi connectivity index (χ1n) is 7.87. The molecule has 0 bridgehead atoms. The van der Waals surface area contributed by atoms with Crippen molar-refractivity contribution in [2.24, 2.45) is 0 Å². The highest BCUT2D eigenvalue weighted by Gasteiger charge is 2.21. The van der Waals surface area contributed by atoms with Crippen LogP contribution < -0.4 is 4.90 Å². The van der Waals surface area contributed by atoms with Crippen molar-refractivity contribution >= 4 is 21.7 Å². The first-order chi connectivity index (χ1) is 10.7. The first kappa shape index (κ1) is 15.5. The summed E-state index contributed by atoms with van der Waals surface area (Å²) < 4.78 is 1.03. The summed E-state index contributed by atoms with van der Waals surface area (Å²) >= 11 is 3.45. The molecule has 0 N–H and O–H groups in total. The molecule has 0 amide bonds. The second-order valence-electron chi connectivity index (χ2n) is 5.92. The van der Waals surface area contributed by atoms with E-state index in [-0.39, 0.29) is 0 Å². The van der Waals surface area contributed by atoms with E-state index in [9.17, 15) is 0 Å². The molecule has 0 aliphatic carbocycles. The summed E-state index contributed by atoms with van der Waals surface area (Å²) in [4.78, 5) is 9.51. The zero-order chi connectivity index (χ0) is 15.4. The maximum Gasteiger partial charge on any atom is 0.128 e. The van der Waals surface area contributed by atoms with Crippen LogP contribution in [-0.2, 0) is 6.54 Å². The Kier molecular flexibility index (Phi) is 5.11. The largest absolute Gasteiger partial charge is 0.355 e. The summed E-state index contributed by atoms with van der Waals surface area (Å²) in [6.07, 6.45) is 3.05. The third-order valence-corrected chi connectivity index (χ3v) is 4.83. The van der Waals surface area contributed by atoms with Crippen LogP contribution in [0.4, 0.5) is 5.82 Å². The Morgan fingerprint density at radius 3 is 2.64 bits per heavy atom. The van der Waals surface area contributed by atoms with Crippen molar-refractivity contribution in [3.05, 3.63) is 58.7 Å². The minimum Gasteiger partial charge on any atom is -0.355 e. The Labute approximate surface area is 141 Å². The van der Waals surface area contributed by atoms with Crippen LogP contribution in [0.15, 0.2) is 53.1 Å². The topological polar surface area (TPSA) is 19.4 Å². The lowest BCUT2D eigenvalue weighted by Gasteiger charge is -2.26. The number of anilines is 1. The number of pyridine rings is 1. The van der Waals surface area contributed by atoms with Gasteiger partial charge in [0, 0.05) is 42.9 Å². The molecule has 3 rings (SSSR count). The lowest BCUT2D eigenvalue weighted by Crippen LogP contribution is -2.34. The van der Waals surface area contributed by atoms with Crippen LogP contribution in [0, 0.1) is 0 Å². The van der Waals surface area contributed by atoms with E-state index in [0.717, 1.165) is 36.5 Å². The molecule has 2 heterocycles. The molecule has 1 fully saturated rings. The van der Waals surface area contributed by atoms with E-state index in [1.165, 1.54) is 12.0 Å². The third-order valence-electron chi connectivity index (χ3n) is 4.36. The van der Waals surface area contributed by atoms with Gasteiger partial charge < -0.3 is 4.90 Å². The van der Waals surface area contributed by atoms with Gasteiger partial charge in [-0.1, -0.05) is 30.3 Å². The zero-order valence-electron chi connectivity index (χ0n) is 13.0. The minimum absolute atomic E-state index is 0.598. The quantitative estimate of drug-likeness (QED) is 0.827. The molecule has 3 nitrogen and oxygen atoms in total. The maximum absolute atomic E-state index is 4.54. The van der Waals surface area contributed by atoms with Gasteiger partial charge in [-0.15, -0.1) is 0 Å². The van der Waals surface area contributed by atoms with E-state index >= 15 is 0 Å². The molecule has 116 valence electrons. The number of halogens is 1. The number of benzene rings is 1. The smallest absolute Gasteiger partial charge is 0.128 e. The molecule has 2 aromatic rings. The van der Waals surface area contributed by atoms with Gasteiger partial charge in [0.05, 0.1) is 0 Å². The van der Waals surface area contributed by atoms with Crippen LogP contribution >= 0.6 is 15.9 Å². The molecule has 1 saturated heterocycles. The Balaban J connectivity index is 1.66. The molecule has 0 spiro atoms. The predicted octanol–water partition coefficient (Wildman–Crippen LogP) is 3.94. The molecular formula is C18H22BrN3. The maximum atomic E-state index is 4.54. The van der Waals surface area contributed by atoms with Crippen molar-refractivity contribution < 1.29 is 0 Å². The van der Waals surface area contributed by atoms with Gasteiger partial charge in [0.25, 0.3) is 0 Å². The zero-order valence-corrected chi connectivity index (χ0v) is 14.5. The molecule has 4 heteroatoms. The van der Waals surface area contributed by atoms with Crippen LogP contribution in [0.1, 0.15) is 18.9 Å². The Bertz CT molecular complexity index is 585. The number of nitrogens with zero attached hydrogens (tertiary/aromatic N) is 3. The van der Waals surface area contributed by atoms with Crippen LogP contribution in [0.5, 0.6) is 0 Å².